The zero-order valence-electron chi connectivity index (χ0n) is 14.3. The zero-order chi connectivity index (χ0) is 16.9. The van der Waals surface area contributed by atoms with Crippen LogP contribution in [0.2, 0.25) is 0 Å². The van der Waals surface area contributed by atoms with E-state index in [0.717, 1.165) is 31.5 Å². The molecule has 1 fully saturated rings. The van der Waals surface area contributed by atoms with E-state index in [1.807, 2.05) is 23.1 Å². The Bertz CT molecular complexity index is 681. The molecule has 0 saturated carbocycles. The van der Waals surface area contributed by atoms with E-state index >= 15 is 0 Å². The van der Waals surface area contributed by atoms with Crippen molar-refractivity contribution in [3.05, 3.63) is 53.9 Å². The lowest BCUT2D eigenvalue weighted by atomic mass is 9.99. The van der Waals surface area contributed by atoms with Gasteiger partial charge in [-0.2, -0.15) is 0 Å². The van der Waals surface area contributed by atoms with Crippen molar-refractivity contribution in [1.82, 2.24) is 14.9 Å². The molecule has 1 atom stereocenters. The number of hydrogen-bond donors (Lipinski definition) is 1. The highest BCUT2D eigenvalue weighted by atomic mass is 16.2. The minimum atomic E-state index is -0.000265. The number of aromatic nitrogens is 2. The van der Waals surface area contributed by atoms with E-state index in [0.29, 0.717) is 17.6 Å². The van der Waals surface area contributed by atoms with Crippen molar-refractivity contribution in [3.63, 3.8) is 0 Å². The molecule has 1 aromatic carbocycles. The molecule has 0 spiro atoms. The normalized spacial score (nSPS) is 16.7. The number of benzene rings is 1. The lowest BCUT2D eigenvalue weighted by Crippen LogP contribution is -2.38. The zero-order valence-corrected chi connectivity index (χ0v) is 14.3. The predicted molar refractivity (Wildman–Crippen MR) is 94.8 cm³/mol. The summed E-state index contributed by atoms with van der Waals surface area (Å²) in [4.78, 5) is 23.2. The Morgan fingerprint density at radius 2 is 1.92 bits per heavy atom. The molecule has 1 aliphatic rings. The molecule has 0 aliphatic carbocycles. The lowest BCUT2D eigenvalue weighted by molar-refractivity contribution is 0.0691. The molecule has 1 saturated heterocycles. The lowest BCUT2D eigenvalue weighted by Gasteiger charge is -2.30. The summed E-state index contributed by atoms with van der Waals surface area (Å²) in [5.74, 6) is 1.19. The SMILES string of the molecule is CC1CCN(C(=O)c2ccnc(NC(C)c3ccccc3)n2)CC1. The van der Waals surface area contributed by atoms with Crippen LogP contribution in [-0.4, -0.2) is 33.9 Å². The van der Waals surface area contributed by atoms with E-state index in [4.69, 9.17) is 0 Å². The van der Waals surface area contributed by atoms with Crippen LogP contribution in [0.5, 0.6) is 0 Å². The van der Waals surface area contributed by atoms with Gasteiger partial charge >= 0.3 is 0 Å². The van der Waals surface area contributed by atoms with Gasteiger partial charge in [-0.1, -0.05) is 37.3 Å². The average Bonchev–Trinajstić information content (AvgIpc) is 2.63. The van der Waals surface area contributed by atoms with Crippen LogP contribution in [0.25, 0.3) is 0 Å². The first-order valence-electron chi connectivity index (χ1n) is 8.57. The summed E-state index contributed by atoms with van der Waals surface area (Å²) in [6, 6.07) is 11.9. The third kappa shape index (κ3) is 3.91. The molecule has 0 radical (unpaired) electrons. The van der Waals surface area contributed by atoms with Gasteiger partial charge < -0.3 is 10.2 Å². The fraction of sp³-hybridized carbons (Fsp3) is 0.421. The Morgan fingerprint density at radius 3 is 2.62 bits per heavy atom. The van der Waals surface area contributed by atoms with Gasteiger partial charge in [-0.3, -0.25) is 4.79 Å². The van der Waals surface area contributed by atoms with Crippen molar-refractivity contribution in [3.8, 4) is 0 Å². The van der Waals surface area contributed by atoms with Crippen molar-refractivity contribution < 1.29 is 4.79 Å². The summed E-state index contributed by atoms with van der Waals surface area (Å²) >= 11 is 0. The van der Waals surface area contributed by atoms with E-state index in [2.05, 4.69) is 41.3 Å². The number of piperidine rings is 1. The van der Waals surface area contributed by atoms with Gasteiger partial charge in [0.1, 0.15) is 5.69 Å². The van der Waals surface area contributed by atoms with Crippen LogP contribution >= 0.6 is 0 Å². The number of likely N-dealkylation sites (tertiary alicyclic amines) is 1. The highest BCUT2D eigenvalue weighted by molar-refractivity contribution is 5.92. The molecular weight excluding hydrogens is 300 g/mol. The second-order valence-electron chi connectivity index (χ2n) is 6.52. The number of nitrogens with zero attached hydrogens (tertiary/aromatic N) is 3. The molecule has 0 bridgehead atoms. The summed E-state index contributed by atoms with van der Waals surface area (Å²) in [5.41, 5.74) is 1.62. The van der Waals surface area contributed by atoms with Crippen molar-refractivity contribution in [2.75, 3.05) is 18.4 Å². The number of carbonyl (C=O) groups excluding carboxylic acids is 1. The monoisotopic (exact) mass is 324 g/mol. The van der Waals surface area contributed by atoms with Gasteiger partial charge in [-0.15, -0.1) is 0 Å². The van der Waals surface area contributed by atoms with Crippen LogP contribution in [0, 0.1) is 5.92 Å². The van der Waals surface area contributed by atoms with Crippen LogP contribution in [0.4, 0.5) is 5.95 Å². The van der Waals surface area contributed by atoms with Crippen LogP contribution in [-0.2, 0) is 0 Å². The summed E-state index contributed by atoms with van der Waals surface area (Å²) in [7, 11) is 0. The standard InChI is InChI=1S/C19H24N4O/c1-14-9-12-23(13-10-14)18(24)17-8-11-20-19(22-17)21-15(2)16-6-4-3-5-7-16/h3-8,11,14-15H,9-10,12-13H2,1-2H3,(H,20,21,22). The van der Waals surface area contributed by atoms with E-state index in [1.54, 1.807) is 12.3 Å². The highest BCUT2D eigenvalue weighted by Crippen LogP contribution is 2.19. The van der Waals surface area contributed by atoms with Gasteiger partial charge in [0.05, 0.1) is 6.04 Å². The van der Waals surface area contributed by atoms with Crippen molar-refractivity contribution in [1.29, 1.82) is 0 Å². The summed E-state index contributed by atoms with van der Waals surface area (Å²) in [6.07, 6.45) is 3.77. The Balaban J connectivity index is 1.69. The van der Waals surface area contributed by atoms with Crippen molar-refractivity contribution in [2.24, 2.45) is 5.92 Å². The summed E-state index contributed by atoms with van der Waals surface area (Å²) < 4.78 is 0. The van der Waals surface area contributed by atoms with Gasteiger partial charge in [0.2, 0.25) is 5.95 Å². The van der Waals surface area contributed by atoms with Gasteiger partial charge in [0.25, 0.3) is 5.91 Å². The predicted octanol–water partition coefficient (Wildman–Crippen LogP) is 3.52. The van der Waals surface area contributed by atoms with Gasteiger partial charge in [-0.25, -0.2) is 9.97 Å². The second kappa shape index (κ2) is 7.43. The minimum absolute atomic E-state index is 0.000265. The van der Waals surface area contributed by atoms with Gasteiger partial charge in [0, 0.05) is 19.3 Å². The topological polar surface area (TPSA) is 58.1 Å². The molecule has 2 heterocycles. The maximum atomic E-state index is 12.6. The highest BCUT2D eigenvalue weighted by Gasteiger charge is 2.22. The molecule has 126 valence electrons. The number of rotatable bonds is 4. The maximum Gasteiger partial charge on any atom is 0.272 e. The fourth-order valence-electron chi connectivity index (χ4n) is 2.94. The van der Waals surface area contributed by atoms with E-state index in [9.17, 15) is 4.79 Å². The average molecular weight is 324 g/mol. The first-order chi connectivity index (χ1) is 11.6. The van der Waals surface area contributed by atoms with Crippen molar-refractivity contribution >= 4 is 11.9 Å². The minimum Gasteiger partial charge on any atom is -0.348 e. The molecule has 2 aromatic rings. The van der Waals surface area contributed by atoms with Crippen LogP contribution in [0.1, 0.15) is 48.8 Å². The van der Waals surface area contributed by atoms with Gasteiger partial charge in [-0.05, 0) is 37.3 Å². The molecule has 1 amide bonds. The molecule has 1 N–H and O–H groups in total. The number of carbonyl (C=O) groups is 1. The molecule has 1 aliphatic heterocycles. The molecule has 5 nitrogen and oxygen atoms in total. The van der Waals surface area contributed by atoms with E-state index in [-0.39, 0.29) is 11.9 Å². The molecular formula is C19H24N4O. The number of nitrogens with one attached hydrogen (secondary N) is 1. The molecule has 3 rings (SSSR count). The molecule has 1 aromatic heterocycles. The Morgan fingerprint density at radius 1 is 1.21 bits per heavy atom. The third-order valence-corrected chi connectivity index (χ3v) is 4.59. The first kappa shape index (κ1) is 16.4. The van der Waals surface area contributed by atoms with Crippen LogP contribution < -0.4 is 5.32 Å². The third-order valence-electron chi connectivity index (χ3n) is 4.59. The Kier molecular flexibility index (Phi) is 5.08. The number of anilines is 1. The molecule has 5 heteroatoms. The smallest absolute Gasteiger partial charge is 0.272 e. The Labute approximate surface area is 143 Å². The summed E-state index contributed by atoms with van der Waals surface area (Å²) in [6.45, 7) is 5.92. The molecule has 1 unspecified atom stereocenters. The van der Waals surface area contributed by atoms with Crippen LogP contribution in [0.15, 0.2) is 42.6 Å². The van der Waals surface area contributed by atoms with Crippen LogP contribution in [0.3, 0.4) is 0 Å². The first-order valence-corrected chi connectivity index (χ1v) is 8.57. The Hall–Kier alpha value is -2.43. The quantitative estimate of drug-likeness (QED) is 0.935. The van der Waals surface area contributed by atoms with Gasteiger partial charge in [0.15, 0.2) is 0 Å². The second-order valence-corrected chi connectivity index (χ2v) is 6.52. The van der Waals surface area contributed by atoms with E-state index in [1.165, 1.54) is 0 Å². The molecule has 24 heavy (non-hydrogen) atoms. The maximum absolute atomic E-state index is 12.6. The fourth-order valence-corrected chi connectivity index (χ4v) is 2.94. The number of hydrogen-bond acceptors (Lipinski definition) is 4. The number of amides is 1. The summed E-state index contributed by atoms with van der Waals surface area (Å²) in [5, 5.41) is 3.27. The van der Waals surface area contributed by atoms with E-state index < -0.39 is 0 Å². The largest absolute Gasteiger partial charge is 0.348 e. The van der Waals surface area contributed by atoms with Crippen molar-refractivity contribution in [2.45, 2.75) is 32.7 Å².